The van der Waals surface area contributed by atoms with Crippen molar-refractivity contribution in [2.24, 2.45) is 0 Å². The molecule has 8 nitrogen and oxygen atoms in total. The number of hydrogen-bond donors (Lipinski definition) is 1. The summed E-state index contributed by atoms with van der Waals surface area (Å²) in [5, 5.41) is 2.31. The van der Waals surface area contributed by atoms with Gasteiger partial charge in [-0.15, -0.1) is 0 Å². The number of piperidine rings is 1. The van der Waals surface area contributed by atoms with E-state index in [0.29, 0.717) is 31.6 Å². The van der Waals surface area contributed by atoms with Crippen molar-refractivity contribution in [3.8, 4) is 0 Å². The van der Waals surface area contributed by atoms with Crippen LogP contribution in [-0.4, -0.2) is 58.3 Å². The molecule has 0 saturated carbocycles. The van der Waals surface area contributed by atoms with Crippen molar-refractivity contribution in [3.05, 3.63) is 41.0 Å². The van der Waals surface area contributed by atoms with Crippen molar-refractivity contribution in [3.63, 3.8) is 0 Å². The van der Waals surface area contributed by atoms with Crippen LogP contribution in [0.25, 0.3) is 5.57 Å². The number of carbonyl (C=O) groups is 4. The highest BCUT2D eigenvalue weighted by atomic mass is 16.6. The molecule has 4 amide bonds. The zero-order valence-corrected chi connectivity index (χ0v) is 17.4. The Morgan fingerprint density at radius 1 is 1.17 bits per heavy atom. The number of nitrogens with one attached hydrogen (secondary N) is 1. The summed E-state index contributed by atoms with van der Waals surface area (Å²) < 4.78 is 5.43. The van der Waals surface area contributed by atoms with Gasteiger partial charge in [0.15, 0.2) is 0 Å². The topological polar surface area (TPSA) is 96.0 Å². The van der Waals surface area contributed by atoms with E-state index >= 15 is 0 Å². The van der Waals surface area contributed by atoms with Crippen LogP contribution in [0.5, 0.6) is 0 Å². The molecular formula is C22H25N3O5. The van der Waals surface area contributed by atoms with Gasteiger partial charge < -0.3 is 14.5 Å². The van der Waals surface area contributed by atoms with E-state index in [1.807, 2.05) is 39.0 Å². The number of nitrogens with zero attached hydrogens (tertiary/aromatic N) is 2. The minimum atomic E-state index is -0.626. The van der Waals surface area contributed by atoms with Crippen LogP contribution in [0, 0.1) is 0 Å². The average molecular weight is 411 g/mol. The van der Waals surface area contributed by atoms with Gasteiger partial charge in [-0.05, 0) is 56.0 Å². The maximum Gasteiger partial charge on any atom is 0.410 e. The lowest BCUT2D eigenvalue weighted by Crippen LogP contribution is -2.52. The summed E-state index contributed by atoms with van der Waals surface area (Å²) in [5.74, 6) is -0.911. The number of benzene rings is 1. The summed E-state index contributed by atoms with van der Waals surface area (Å²) in [6, 6.07) is 4.97. The van der Waals surface area contributed by atoms with Crippen LogP contribution in [0.2, 0.25) is 0 Å². The van der Waals surface area contributed by atoms with E-state index < -0.39 is 17.6 Å². The highest BCUT2D eigenvalue weighted by molar-refractivity contribution is 6.05. The first kappa shape index (κ1) is 20.1. The number of ether oxygens (including phenoxy) is 1. The summed E-state index contributed by atoms with van der Waals surface area (Å²) in [6.07, 6.45) is 2.21. The highest BCUT2D eigenvalue weighted by Crippen LogP contribution is 2.31. The number of fused-ring (bicyclic) bond motifs is 1. The zero-order valence-electron chi connectivity index (χ0n) is 17.4. The summed E-state index contributed by atoms with van der Waals surface area (Å²) >= 11 is 0. The van der Waals surface area contributed by atoms with Crippen molar-refractivity contribution in [1.29, 1.82) is 0 Å². The van der Waals surface area contributed by atoms with Gasteiger partial charge in [-0.3, -0.25) is 19.7 Å². The Kier molecular flexibility index (Phi) is 4.88. The number of hydrogen-bond acceptors (Lipinski definition) is 5. The first-order chi connectivity index (χ1) is 14.1. The van der Waals surface area contributed by atoms with E-state index in [-0.39, 0.29) is 24.3 Å². The van der Waals surface area contributed by atoms with Crippen molar-refractivity contribution < 1.29 is 23.9 Å². The van der Waals surface area contributed by atoms with Crippen LogP contribution >= 0.6 is 0 Å². The molecule has 1 aromatic rings. The van der Waals surface area contributed by atoms with Crippen molar-refractivity contribution in [1.82, 2.24) is 15.1 Å². The molecule has 3 aliphatic rings. The van der Waals surface area contributed by atoms with E-state index in [4.69, 9.17) is 4.74 Å². The first-order valence-corrected chi connectivity index (χ1v) is 10.1. The molecule has 1 atom stereocenters. The van der Waals surface area contributed by atoms with Gasteiger partial charge in [0.2, 0.25) is 11.8 Å². The maximum atomic E-state index is 12.8. The fraction of sp³-hybridized carbons (Fsp3) is 0.455. The summed E-state index contributed by atoms with van der Waals surface area (Å²) in [5.41, 5.74) is 2.81. The van der Waals surface area contributed by atoms with Crippen LogP contribution in [0.4, 0.5) is 4.79 Å². The number of amides is 4. The minimum Gasteiger partial charge on any atom is -0.444 e. The Labute approximate surface area is 174 Å². The highest BCUT2D eigenvalue weighted by Gasteiger charge is 2.39. The molecule has 1 N–H and O–H groups in total. The number of imide groups is 1. The van der Waals surface area contributed by atoms with Gasteiger partial charge in [0.1, 0.15) is 11.6 Å². The number of carbonyl (C=O) groups excluding carboxylic acids is 4. The van der Waals surface area contributed by atoms with E-state index in [2.05, 4.69) is 5.32 Å². The molecule has 30 heavy (non-hydrogen) atoms. The fourth-order valence-electron chi connectivity index (χ4n) is 4.00. The third kappa shape index (κ3) is 3.81. The zero-order chi connectivity index (χ0) is 21.6. The molecule has 158 valence electrons. The Morgan fingerprint density at radius 2 is 1.93 bits per heavy atom. The van der Waals surface area contributed by atoms with Gasteiger partial charge in [0.05, 0.1) is 0 Å². The molecule has 3 heterocycles. The third-order valence-corrected chi connectivity index (χ3v) is 5.47. The minimum absolute atomic E-state index is 0.193. The predicted octanol–water partition coefficient (Wildman–Crippen LogP) is 2.08. The van der Waals surface area contributed by atoms with Crippen LogP contribution in [-0.2, 0) is 20.9 Å². The lowest BCUT2D eigenvalue weighted by Gasteiger charge is -2.29. The smallest absolute Gasteiger partial charge is 0.410 e. The molecule has 4 rings (SSSR count). The standard InChI is InChI=1S/C22H25N3O5/c1-22(2,3)30-21(29)24-9-8-14(11-24)13-4-5-16-15(10-13)12-25(20(16)28)17-6-7-18(26)23-19(17)27/h4-5,8,10,17H,6-7,9,11-12H2,1-3H3,(H,23,26,27). The second-order valence-electron chi connectivity index (χ2n) is 8.86. The van der Waals surface area contributed by atoms with E-state index in [0.717, 1.165) is 16.7 Å². The van der Waals surface area contributed by atoms with Crippen LogP contribution in [0.3, 0.4) is 0 Å². The molecule has 0 radical (unpaired) electrons. The van der Waals surface area contributed by atoms with Crippen molar-refractivity contribution >= 4 is 29.4 Å². The van der Waals surface area contributed by atoms with Gasteiger partial charge in [0.25, 0.3) is 5.91 Å². The Morgan fingerprint density at radius 3 is 2.63 bits per heavy atom. The van der Waals surface area contributed by atoms with E-state index in [1.165, 1.54) is 4.90 Å². The molecule has 1 saturated heterocycles. The Bertz CT molecular complexity index is 975. The SMILES string of the molecule is CC(C)(C)OC(=O)N1CC=C(c2ccc3c(c2)CN(C2CCC(=O)NC2=O)C3=O)C1. The lowest BCUT2D eigenvalue weighted by atomic mass is 10.0. The molecule has 3 aliphatic heterocycles. The molecular weight excluding hydrogens is 386 g/mol. The van der Waals surface area contributed by atoms with Gasteiger partial charge in [-0.2, -0.15) is 0 Å². The van der Waals surface area contributed by atoms with Gasteiger partial charge in [-0.1, -0.05) is 12.1 Å². The molecule has 0 aromatic heterocycles. The second kappa shape index (κ2) is 7.27. The molecule has 0 spiro atoms. The average Bonchev–Trinajstić information content (AvgIpc) is 3.26. The summed E-state index contributed by atoms with van der Waals surface area (Å²) in [7, 11) is 0. The molecule has 1 aromatic carbocycles. The summed E-state index contributed by atoms with van der Waals surface area (Å²) in [6.45, 7) is 6.75. The molecule has 0 aliphatic carbocycles. The number of rotatable bonds is 2. The van der Waals surface area contributed by atoms with Crippen molar-refractivity contribution in [2.75, 3.05) is 13.1 Å². The summed E-state index contributed by atoms with van der Waals surface area (Å²) in [4.78, 5) is 51.8. The van der Waals surface area contributed by atoms with Gasteiger partial charge in [-0.25, -0.2) is 4.79 Å². The van der Waals surface area contributed by atoms with Crippen molar-refractivity contribution in [2.45, 2.75) is 51.8 Å². The molecule has 1 fully saturated rings. The molecule has 0 bridgehead atoms. The normalized spacial score (nSPS) is 21.5. The largest absolute Gasteiger partial charge is 0.444 e. The van der Waals surface area contributed by atoms with Gasteiger partial charge in [0, 0.05) is 31.6 Å². The first-order valence-electron chi connectivity index (χ1n) is 10.1. The second-order valence-corrected chi connectivity index (χ2v) is 8.86. The quantitative estimate of drug-likeness (QED) is 0.752. The predicted molar refractivity (Wildman–Crippen MR) is 108 cm³/mol. The fourth-order valence-corrected chi connectivity index (χ4v) is 4.00. The van der Waals surface area contributed by atoms with Gasteiger partial charge >= 0.3 is 6.09 Å². The Hall–Kier alpha value is -3.16. The lowest BCUT2D eigenvalue weighted by molar-refractivity contribution is -0.136. The van der Waals surface area contributed by atoms with Crippen LogP contribution in [0.1, 0.15) is 55.1 Å². The van der Waals surface area contributed by atoms with Crippen LogP contribution in [0.15, 0.2) is 24.3 Å². The van der Waals surface area contributed by atoms with Crippen LogP contribution < -0.4 is 5.32 Å². The molecule has 1 unspecified atom stereocenters. The third-order valence-electron chi connectivity index (χ3n) is 5.47. The monoisotopic (exact) mass is 411 g/mol. The Balaban J connectivity index is 1.47. The van der Waals surface area contributed by atoms with E-state index in [1.54, 1.807) is 11.0 Å². The molecule has 8 heteroatoms. The van der Waals surface area contributed by atoms with E-state index in [9.17, 15) is 19.2 Å². The maximum absolute atomic E-state index is 12.8.